The first-order chi connectivity index (χ1) is 15.4. The number of thioether (sulfide) groups is 1. The Morgan fingerprint density at radius 1 is 1.19 bits per heavy atom. The van der Waals surface area contributed by atoms with Gasteiger partial charge in [0, 0.05) is 19.6 Å². The van der Waals surface area contributed by atoms with Gasteiger partial charge in [-0.25, -0.2) is 0 Å². The number of rotatable bonds is 9. The smallest absolute Gasteiger partial charge is 0.305 e. The van der Waals surface area contributed by atoms with Gasteiger partial charge in [-0.2, -0.15) is 0 Å². The molecule has 0 aromatic heterocycles. The highest BCUT2D eigenvalue weighted by atomic mass is 32.2. The fraction of sp³-hybridized carbons (Fsp3) is 0.455. The number of thiocarbonyl (C=S) groups is 1. The molecule has 1 aromatic rings. The summed E-state index contributed by atoms with van der Waals surface area (Å²) in [6.07, 6.45) is 4.71. The summed E-state index contributed by atoms with van der Waals surface area (Å²) in [7, 11) is 0. The number of ether oxygens (including phenoxy) is 2. The molecule has 0 atom stereocenters. The standard InChI is InChI=1S/C22H26N2O6S2/c1-2-29-17-12-15(13-18-21(28)24(22(31)32-18)11-8-20(26)27)6-7-16(17)30-14-19(25)23-9-4-3-5-10-23/h6-7,12-13H,2-5,8-11,14H2,1H3,(H,26,27)/b18-13+. The Morgan fingerprint density at radius 2 is 1.94 bits per heavy atom. The van der Waals surface area contributed by atoms with Crippen LogP contribution in [0.15, 0.2) is 23.1 Å². The van der Waals surface area contributed by atoms with Crippen molar-refractivity contribution < 1.29 is 29.0 Å². The van der Waals surface area contributed by atoms with Crippen molar-refractivity contribution in [3.8, 4) is 11.5 Å². The molecule has 0 unspecified atom stereocenters. The van der Waals surface area contributed by atoms with E-state index in [2.05, 4.69) is 0 Å². The van der Waals surface area contributed by atoms with Gasteiger partial charge in [-0.05, 0) is 50.0 Å². The molecule has 0 radical (unpaired) electrons. The summed E-state index contributed by atoms with van der Waals surface area (Å²) in [4.78, 5) is 39.3. The number of carbonyl (C=O) groups excluding carboxylic acids is 2. The maximum atomic E-state index is 12.6. The molecule has 0 aliphatic carbocycles. The van der Waals surface area contributed by atoms with Gasteiger partial charge in [0.1, 0.15) is 4.32 Å². The minimum atomic E-state index is -0.987. The van der Waals surface area contributed by atoms with Crippen LogP contribution >= 0.6 is 24.0 Å². The van der Waals surface area contributed by atoms with Gasteiger partial charge in [0.2, 0.25) is 0 Å². The molecule has 10 heteroatoms. The second-order valence-electron chi connectivity index (χ2n) is 7.35. The zero-order chi connectivity index (χ0) is 23.1. The maximum absolute atomic E-state index is 12.6. The molecule has 0 bridgehead atoms. The molecule has 2 heterocycles. The van der Waals surface area contributed by atoms with E-state index in [1.807, 2.05) is 11.8 Å². The molecule has 8 nitrogen and oxygen atoms in total. The average molecular weight is 479 g/mol. The lowest BCUT2D eigenvalue weighted by Gasteiger charge is -2.26. The molecular formula is C22H26N2O6S2. The predicted molar refractivity (Wildman–Crippen MR) is 126 cm³/mol. The number of aliphatic carboxylic acids is 1. The monoisotopic (exact) mass is 478 g/mol. The van der Waals surface area contributed by atoms with Gasteiger partial charge >= 0.3 is 5.97 Å². The molecule has 2 amide bonds. The molecule has 1 N–H and O–H groups in total. The molecule has 2 aliphatic rings. The number of carbonyl (C=O) groups is 3. The topological polar surface area (TPSA) is 96.4 Å². The van der Waals surface area contributed by atoms with Crippen LogP contribution < -0.4 is 9.47 Å². The summed E-state index contributed by atoms with van der Waals surface area (Å²) in [5.41, 5.74) is 0.710. The molecule has 172 valence electrons. The predicted octanol–water partition coefficient (Wildman–Crippen LogP) is 3.15. The van der Waals surface area contributed by atoms with Crippen molar-refractivity contribution in [1.82, 2.24) is 9.80 Å². The van der Waals surface area contributed by atoms with Gasteiger partial charge in [0.25, 0.3) is 11.8 Å². The fourth-order valence-electron chi connectivity index (χ4n) is 3.43. The second-order valence-corrected chi connectivity index (χ2v) is 9.02. The van der Waals surface area contributed by atoms with Gasteiger partial charge in [-0.15, -0.1) is 0 Å². The number of likely N-dealkylation sites (tertiary alicyclic amines) is 1. The van der Waals surface area contributed by atoms with Crippen molar-refractivity contribution in [2.45, 2.75) is 32.6 Å². The SMILES string of the molecule is CCOc1cc(/C=C2/SC(=S)N(CCC(=O)O)C2=O)ccc1OCC(=O)N1CCCCC1. The van der Waals surface area contributed by atoms with Crippen LogP contribution in [0.3, 0.4) is 0 Å². The number of carboxylic acids is 1. The highest BCUT2D eigenvalue weighted by molar-refractivity contribution is 8.26. The first-order valence-corrected chi connectivity index (χ1v) is 11.8. The summed E-state index contributed by atoms with van der Waals surface area (Å²) in [5, 5.41) is 8.85. The first-order valence-electron chi connectivity index (χ1n) is 10.5. The normalized spacial score (nSPS) is 17.7. The largest absolute Gasteiger partial charge is 0.490 e. The van der Waals surface area contributed by atoms with E-state index in [1.165, 1.54) is 4.90 Å². The van der Waals surface area contributed by atoms with Crippen molar-refractivity contribution in [3.05, 3.63) is 28.7 Å². The van der Waals surface area contributed by atoms with Gasteiger partial charge in [-0.1, -0.05) is 30.0 Å². The quantitative estimate of drug-likeness (QED) is 0.427. The third-order valence-electron chi connectivity index (χ3n) is 5.05. The van der Waals surface area contributed by atoms with Gasteiger partial charge in [-0.3, -0.25) is 19.3 Å². The van der Waals surface area contributed by atoms with Crippen molar-refractivity contribution in [2.75, 3.05) is 32.8 Å². The highest BCUT2D eigenvalue weighted by Crippen LogP contribution is 2.35. The third-order valence-corrected chi connectivity index (χ3v) is 6.43. The lowest BCUT2D eigenvalue weighted by atomic mass is 10.1. The summed E-state index contributed by atoms with van der Waals surface area (Å²) >= 11 is 6.35. The maximum Gasteiger partial charge on any atom is 0.305 e. The first kappa shape index (κ1) is 24.1. The van der Waals surface area contributed by atoms with E-state index < -0.39 is 5.97 Å². The van der Waals surface area contributed by atoms with Gasteiger partial charge in [0.15, 0.2) is 18.1 Å². The molecular weight excluding hydrogens is 452 g/mol. The molecule has 2 fully saturated rings. The van der Waals surface area contributed by atoms with Crippen LogP contribution in [0, 0.1) is 0 Å². The zero-order valence-electron chi connectivity index (χ0n) is 17.9. The van der Waals surface area contributed by atoms with Gasteiger partial charge < -0.3 is 19.5 Å². The summed E-state index contributed by atoms with van der Waals surface area (Å²) in [5.74, 6) is -0.399. The van der Waals surface area contributed by atoms with Crippen LogP contribution in [-0.2, 0) is 14.4 Å². The number of nitrogens with zero attached hydrogens (tertiary/aromatic N) is 2. The van der Waals surface area contributed by atoms with E-state index in [9.17, 15) is 14.4 Å². The number of amides is 2. The molecule has 3 rings (SSSR count). The summed E-state index contributed by atoms with van der Waals surface area (Å²) < 4.78 is 11.8. The van der Waals surface area contributed by atoms with Crippen LogP contribution in [0.5, 0.6) is 11.5 Å². The van der Waals surface area contributed by atoms with E-state index in [0.717, 1.165) is 44.1 Å². The number of hydrogen-bond donors (Lipinski definition) is 1. The Hall–Kier alpha value is -2.59. The second kappa shape index (κ2) is 11.3. The molecule has 1 aromatic carbocycles. The number of carboxylic acid groups (broad SMARTS) is 1. The van der Waals surface area contributed by atoms with Crippen molar-refractivity contribution in [2.24, 2.45) is 0 Å². The molecule has 32 heavy (non-hydrogen) atoms. The highest BCUT2D eigenvalue weighted by Gasteiger charge is 2.32. The Bertz CT molecular complexity index is 927. The van der Waals surface area contributed by atoms with E-state index in [-0.39, 0.29) is 31.4 Å². The lowest BCUT2D eigenvalue weighted by molar-refractivity contribution is -0.137. The van der Waals surface area contributed by atoms with Crippen LogP contribution in [0.2, 0.25) is 0 Å². The van der Waals surface area contributed by atoms with Crippen LogP contribution in [0.1, 0.15) is 38.2 Å². The third kappa shape index (κ3) is 6.23. The number of hydrogen-bond acceptors (Lipinski definition) is 7. The molecule has 2 aliphatic heterocycles. The Labute approximate surface area is 196 Å². The van der Waals surface area contributed by atoms with Crippen LogP contribution in [0.4, 0.5) is 0 Å². The van der Waals surface area contributed by atoms with Crippen LogP contribution in [0.25, 0.3) is 6.08 Å². The Balaban J connectivity index is 1.69. The average Bonchev–Trinajstić information content (AvgIpc) is 3.04. The van der Waals surface area contributed by atoms with Crippen molar-refractivity contribution in [3.63, 3.8) is 0 Å². The summed E-state index contributed by atoms with van der Waals surface area (Å²) in [6.45, 7) is 3.79. The van der Waals surface area contributed by atoms with Crippen molar-refractivity contribution >= 4 is 52.2 Å². The zero-order valence-corrected chi connectivity index (χ0v) is 19.5. The van der Waals surface area contributed by atoms with Crippen LogP contribution in [-0.4, -0.2) is 69.9 Å². The van der Waals surface area contributed by atoms with E-state index in [1.54, 1.807) is 24.3 Å². The van der Waals surface area contributed by atoms with Crippen molar-refractivity contribution in [1.29, 1.82) is 0 Å². The Kier molecular flexibility index (Phi) is 8.52. The minimum Gasteiger partial charge on any atom is -0.490 e. The lowest BCUT2D eigenvalue weighted by Crippen LogP contribution is -2.38. The minimum absolute atomic E-state index is 0.0405. The molecule has 0 saturated carbocycles. The van der Waals surface area contributed by atoms with Gasteiger partial charge in [0.05, 0.1) is 17.9 Å². The van der Waals surface area contributed by atoms with E-state index in [4.69, 9.17) is 26.8 Å². The van der Waals surface area contributed by atoms with E-state index in [0.29, 0.717) is 32.9 Å². The van der Waals surface area contributed by atoms with E-state index >= 15 is 0 Å². The fourth-order valence-corrected chi connectivity index (χ4v) is 4.74. The number of piperidine rings is 1. The molecule has 2 saturated heterocycles. The molecule has 0 spiro atoms. The Morgan fingerprint density at radius 3 is 2.62 bits per heavy atom. The summed E-state index contributed by atoms with van der Waals surface area (Å²) in [6, 6.07) is 5.23. The number of benzene rings is 1.